The number of aliphatic hydroxyl groups is 2. The fraction of sp³-hybridized carbons (Fsp3) is 0.700. The zero-order valence-electron chi connectivity index (χ0n) is 26.0. The van der Waals surface area contributed by atoms with Crippen LogP contribution in [-0.4, -0.2) is 93.1 Å². The lowest BCUT2D eigenvalue weighted by Crippen LogP contribution is -2.64. The first kappa shape index (κ1) is 35.4. The lowest BCUT2D eigenvalue weighted by Gasteiger charge is -2.42. The molecule has 0 bridgehead atoms. The number of amides is 1. The maximum atomic E-state index is 12.3. The zero-order chi connectivity index (χ0) is 32.2. The average molecular weight is 655 g/mol. The smallest absolute Gasteiger partial charge is 0.472 e. The van der Waals surface area contributed by atoms with E-state index in [1.54, 1.807) is 13.3 Å². The van der Waals surface area contributed by atoms with E-state index in [1.165, 1.54) is 11.6 Å². The molecule has 1 saturated carbocycles. The van der Waals surface area contributed by atoms with Gasteiger partial charge in [-0.1, -0.05) is 55.9 Å². The minimum atomic E-state index is -4.07. The molecule has 2 aliphatic rings. The number of hydrogen-bond acceptors (Lipinski definition) is 11. The molecular formula is C30H47N4O10P. The van der Waals surface area contributed by atoms with Crippen molar-refractivity contribution in [2.24, 2.45) is 0 Å². The summed E-state index contributed by atoms with van der Waals surface area (Å²) >= 11 is 0. The Morgan fingerprint density at radius 1 is 1.09 bits per heavy atom. The van der Waals surface area contributed by atoms with Crippen LogP contribution in [0.25, 0.3) is 11.3 Å². The Morgan fingerprint density at radius 2 is 1.82 bits per heavy atom. The Bertz CT molecular complexity index is 1240. The van der Waals surface area contributed by atoms with Gasteiger partial charge in [0.05, 0.1) is 32.6 Å². The minimum absolute atomic E-state index is 0.0843. The normalized spacial score (nSPS) is 25.8. The first-order chi connectivity index (χ1) is 21.6. The van der Waals surface area contributed by atoms with E-state index in [2.05, 4.69) is 15.6 Å². The molecule has 252 valence electrons. The molecule has 1 aromatic carbocycles. The van der Waals surface area contributed by atoms with Crippen molar-refractivity contribution in [2.75, 3.05) is 20.3 Å². The summed E-state index contributed by atoms with van der Waals surface area (Å²) in [6.45, 7) is 1.78. The largest absolute Gasteiger partial charge is 0.497 e. The Balaban J connectivity index is 1.22. The third-order valence-corrected chi connectivity index (χ3v) is 9.08. The number of methoxy groups -OCH3 is 1. The number of carbonyl (C=O) groups is 1. The number of hydrogen-bond donors (Lipinski definition) is 4. The number of rotatable bonds is 16. The molecule has 45 heavy (non-hydrogen) atoms. The summed E-state index contributed by atoms with van der Waals surface area (Å²) in [7, 11) is -2.49. The second kappa shape index (κ2) is 17.5. The highest BCUT2D eigenvalue weighted by molar-refractivity contribution is 7.47. The van der Waals surface area contributed by atoms with Gasteiger partial charge in [0.1, 0.15) is 35.8 Å². The number of aliphatic hydroxyl groups excluding tert-OH is 2. The van der Waals surface area contributed by atoms with E-state index in [1.807, 2.05) is 24.3 Å². The van der Waals surface area contributed by atoms with Crippen LogP contribution < -0.4 is 10.1 Å². The van der Waals surface area contributed by atoms with Crippen LogP contribution in [0.15, 0.2) is 30.5 Å². The van der Waals surface area contributed by atoms with Crippen molar-refractivity contribution in [3.63, 3.8) is 0 Å². The topological polar surface area (TPSA) is 184 Å². The molecule has 1 amide bonds. The molecule has 14 nitrogen and oxygen atoms in total. The number of aromatic nitrogens is 3. The molecule has 1 aromatic heterocycles. The van der Waals surface area contributed by atoms with Gasteiger partial charge in [0.25, 0.3) is 0 Å². The lowest BCUT2D eigenvalue weighted by atomic mass is 9.96. The second-order valence-corrected chi connectivity index (χ2v) is 13.0. The zero-order valence-corrected chi connectivity index (χ0v) is 26.9. The molecule has 2 fully saturated rings. The molecule has 6 unspecified atom stereocenters. The number of phosphoric acid groups is 1. The van der Waals surface area contributed by atoms with Crippen LogP contribution in [0.4, 0.5) is 0 Å². The van der Waals surface area contributed by atoms with Crippen molar-refractivity contribution in [1.29, 1.82) is 0 Å². The fourth-order valence-corrected chi connectivity index (χ4v) is 6.61. The molecule has 4 N–H and O–H groups in total. The summed E-state index contributed by atoms with van der Waals surface area (Å²) in [5.74, 6) is 0.282. The van der Waals surface area contributed by atoms with Gasteiger partial charge in [-0.25, -0.2) is 9.25 Å². The van der Waals surface area contributed by atoms with Gasteiger partial charge in [0.15, 0.2) is 6.29 Å². The first-order valence-electron chi connectivity index (χ1n) is 15.8. The number of benzene rings is 1. The van der Waals surface area contributed by atoms with Crippen LogP contribution in [0.1, 0.15) is 71.1 Å². The van der Waals surface area contributed by atoms with E-state index in [4.69, 9.17) is 23.3 Å². The van der Waals surface area contributed by atoms with E-state index >= 15 is 0 Å². The molecule has 1 aliphatic heterocycles. The van der Waals surface area contributed by atoms with Gasteiger partial charge in [-0.2, -0.15) is 0 Å². The highest BCUT2D eigenvalue weighted by Gasteiger charge is 2.45. The van der Waals surface area contributed by atoms with Gasteiger partial charge in [-0.15, -0.1) is 5.10 Å². The Morgan fingerprint density at radius 3 is 2.53 bits per heavy atom. The van der Waals surface area contributed by atoms with Crippen molar-refractivity contribution in [2.45, 2.75) is 114 Å². The SMILES string of the molecule is COc1cccc(-c2cn(CC3OC(OCCCCCCOP(=O)(O)OC4CCCCCC4)C(NC(C)=O)C(O)C3O)nn2)c1. The highest BCUT2D eigenvalue weighted by atomic mass is 31.2. The van der Waals surface area contributed by atoms with Crippen LogP contribution in [0.2, 0.25) is 0 Å². The van der Waals surface area contributed by atoms with Crippen LogP contribution >= 0.6 is 7.82 Å². The number of unbranched alkanes of at least 4 members (excludes halogenated alkanes) is 3. The van der Waals surface area contributed by atoms with Gasteiger partial charge in [-0.05, 0) is 37.8 Å². The molecule has 15 heteroatoms. The van der Waals surface area contributed by atoms with Crippen molar-refractivity contribution in [3.05, 3.63) is 30.5 Å². The molecule has 2 heterocycles. The van der Waals surface area contributed by atoms with Gasteiger partial charge < -0.3 is 34.6 Å². The van der Waals surface area contributed by atoms with Gasteiger partial charge in [0, 0.05) is 19.1 Å². The first-order valence-corrected chi connectivity index (χ1v) is 17.3. The minimum Gasteiger partial charge on any atom is -0.497 e. The number of nitrogens with zero attached hydrogens (tertiary/aromatic N) is 3. The van der Waals surface area contributed by atoms with E-state index < -0.39 is 44.4 Å². The van der Waals surface area contributed by atoms with Crippen molar-refractivity contribution in [3.8, 4) is 17.0 Å². The van der Waals surface area contributed by atoms with Crippen LogP contribution in [0.5, 0.6) is 5.75 Å². The predicted molar refractivity (Wildman–Crippen MR) is 163 cm³/mol. The summed E-state index contributed by atoms with van der Waals surface area (Å²) < 4.78 is 41.6. The van der Waals surface area contributed by atoms with E-state index in [-0.39, 0.29) is 25.9 Å². The van der Waals surface area contributed by atoms with E-state index in [9.17, 15) is 24.5 Å². The van der Waals surface area contributed by atoms with Gasteiger partial charge in [0.2, 0.25) is 5.91 Å². The summed E-state index contributed by atoms with van der Waals surface area (Å²) in [5, 5.41) is 32.7. The van der Waals surface area contributed by atoms with Crippen LogP contribution in [0, 0.1) is 0 Å². The lowest BCUT2D eigenvalue weighted by molar-refractivity contribution is -0.267. The quantitative estimate of drug-likeness (QED) is 0.118. The summed E-state index contributed by atoms with van der Waals surface area (Å²) in [6, 6.07) is 6.40. The highest BCUT2D eigenvalue weighted by Crippen LogP contribution is 2.46. The average Bonchev–Trinajstić information content (AvgIpc) is 3.34. The van der Waals surface area contributed by atoms with Crippen molar-refractivity contribution >= 4 is 13.7 Å². The van der Waals surface area contributed by atoms with E-state index in [0.717, 1.165) is 56.9 Å². The summed E-state index contributed by atoms with van der Waals surface area (Å²) in [5.41, 5.74) is 1.40. The molecule has 1 saturated heterocycles. The van der Waals surface area contributed by atoms with Crippen molar-refractivity contribution in [1.82, 2.24) is 20.3 Å². The molecule has 2 aromatic rings. The fourth-order valence-electron chi connectivity index (χ4n) is 5.60. The molecule has 0 spiro atoms. The molecule has 4 rings (SSSR count). The second-order valence-electron chi connectivity index (χ2n) is 11.6. The maximum absolute atomic E-state index is 12.3. The summed E-state index contributed by atoms with van der Waals surface area (Å²) in [4.78, 5) is 21.9. The Hall–Kier alpha value is -2.42. The van der Waals surface area contributed by atoms with Gasteiger partial charge in [-0.3, -0.25) is 13.8 Å². The standard InChI is InChI=1S/C30H47N4O10P/c1-21(35)31-27-29(37)28(36)26(20-34-19-25(32-33-34)22-12-11-15-24(18-22)40-2)43-30(27)41-16-9-5-6-10-17-42-45(38,39)44-23-13-7-3-4-8-14-23/h11-12,15,18-19,23,26-30,36-37H,3-10,13-14,16-17,20H2,1-2H3,(H,31,35)(H,38,39). The monoisotopic (exact) mass is 654 g/mol. The maximum Gasteiger partial charge on any atom is 0.472 e. The predicted octanol–water partition coefficient (Wildman–Crippen LogP) is 3.34. The Labute approximate surface area is 264 Å². The third kappa shape index (κ3) is 11.1. The van der Waals surface area contributed by atoms with Crippen LogP contribution in [0.3, 0.4) is 0 Å². The van der Waals surface area contributed by atoms with E-state index in [0.29, 0.717) is 24.3 Å². The number of phosphoric ester groups is 1. The molecular weight excluding hydrogens is 607 g/mol. The van der Waals surface area contributed by atoms with Crippen molar-refractivity contribution < 1.29 is 47.7 Å². The summed E-state index contributed by atoms with van der Waals surface area (Å²) in [6.07, 6.45) is 5.43. The number of carbonyl (C=O) groups excluding carboxylic acids is 1. The Kier molecular flexibility index (Phi) is 13.8. The number of ether oxygens (including phenoxy) is 3. The van der Waals surface area contributed by atoms with Crippen LogP contribution in [-0.2, 0) is 34.4 Å². The molecule has 0 radical (unpaired) electrons. The third-order valence-electron chi connectivity index (χ3n) is 8.00. The molecule has 6 atom stereocenters. The number of nitrogens with one attached hydrogen (secondary N) is 1. The molecule has 1 aliphatic carbocycles. The van der Waals surface area contributed by atoms with Gasteiger partial charge >= 0.3 is 7.82 Å².